The standard InChI is InChI=1S/C42H56O5/c1-5-17-35(39(6-2)40(46)24-30(3)43)25-33-26-36-22-21-34(31(4)42(36)41(47)27-33)28-38(45)29-37(44)23-20-32-18-15-13-11-9-7-8-10-12-14-16-19-32/h9-16,21-22,32-33,35,39H,5-8,17-20,23-29H2,1-4H3/b11-9-,12-10-,15-13-,16-14-. The molecule has 1 aromatic carbocycles. The average Bonchev–Trinajstić information content (AvgIpc) is 3.03. The van der Waals surface area contributed by atoms with Gasteiger partial charge >= 0.3 is 0 Å². The zero-order valence-corrected chi connectivity index (χ0v) is 29.2. The van der Waals surface area contributed by atoms with Gasteiger partial charge in [-0.15, -0.1) is 0 Å². The lowest BCUT2D eigenvalue weighted by Gasteiger charge is -2.32. The van der Waals surface area contributed by atoms with Crippen LogP contribution in [0.5, 0.6) is 0 Å². The Kier molecular flexibility index (Phi) is 16.2. The van der Waals surface area contributed by atoms with Crippen LogP contribution in [0.3, 0.4) is 0 Å². The Labute approximate surface area is 283 Å². The second kappa shape index (κ2) is 20.0. The molecule has 0 heterocycles. The number of rotatable bonds is 16. The summed E-state index contributed by atoms with van der Waals surface area (Å²) in [6.07, 6.45) is 26.6. The highest BCUT2D eigenvalue weighted by atomic mass is 16.2. The molecule has 0 aromatic heterocycles. The van der Waals surface area contributed by atoms with Gasteiger partial charge in [0.25, 0.3) is 0 Å². The fraction of sp³-hybridized carbons (Fsp3) is 0.548. The molecule has 0 radical (unpaired) electrons. The fourth-order valence-corrected chi connectivity index (χ4v) is 7.48. The van der Waals surface area contributed by atoms with E-state index in [9.17, 15) is 24.0 Å². The molecule has 0 saturated carbocycles. The Morgan fingerprint density at radius 3 is 2.11 bits per heavy atom. The predicted molar refractivity (Wildman–Crippen MR) is 191 cm³/mol. The van der Waals surface area contributed by atoms with Crippen molar-refractivity contribution in [2.75, 3.05) is 0 Å². The number of benzene rings is 1. The molecular weight excluding hydrogens is 584 g/mol. The van der Waals surface area contributed by atoms with E-state index in [2.05, 4.69) is 55.5 Å². The van der Waals surface area contributed by atoms with Crippen molar-refractivity contribution < 1.29 is 24.0 Å². The number of fused-ring (bicyclic) bond motifs is 1. The molecule has 0 fully saturated rings. The van der Waals surface area contributed by atoms with E-state index >= 15 is 0 Å². The highest BCUT2D eigenvalue weighted by Crippen LogP contribution is 2.37. The molecule has 2 aliphatic carbocycles. The Morgan fingerprint density at radius 1 is 0.830 bits per heavy atom. The number of Topliss-reactive ketones (excluding diaryl/α,β-unsaturated/α-hetero) is 5. The van der Waals surface area contributed by atoms with Crippen LogP contribution in [0.15, 0.2) is 60.7 Å². The summed E-state index contributed by atoms with van der Waals surface area (Å²) in [5.74, 6) is 0.423. The van der Waals surface area contributed by atoms with Crippen LogP contribution in [-0.4, -0.2) is 28.9 Å². The van der Waals surface area contributed by atoms with Crippen LogP contribution in [0.2, 0.25) is 0 Å². The minimum absolute atomic E-state index is 0.0107. The molecule has 3 unspecified atom stereocenters. The molecule has 0 amide bonds. The van der Waals surface area contributed by atoms with Crippen molar-refractivity contribution in [3.63, 3.8) is 0 Å². The number of carbonyl (C=O) groups excluding carboxylic acids is 5. The number of hydrogen-bond acceptors (Lipinski definition) is 5. The minimum atomic E-state index is -0.151. The lowest BCUT2D eigenvalue weighted by Crippen LogP contribution is -2.30. The van der Waals surface area contributed by atoms with Gasteiger partial charge in [-0.1, -0.05) is 87.4 Å². The van der Waals surface area contributed by atoms with Gasteiger partial charge in [-0.2, -0.15) is 0 Å². The summed E-state index contributed by atoms with van der Waals surface area (Å²) in [6, 6.07) is 3.94. The summed E-state index contributed by atoms with van der Waals surface area (Å²) in [5.41, 5.74) is 3.42. The third-order valence-electron chi connectivity index (χ3n) is 9.88. The molecule has 47 heavy (non-hydrogen) atoms. The molecule has 0 bridgehead atoms. The van der Waals surface area contributed by atoms with Crippen LogP contribution >= 0.6 is 0 Å². The Balaban J connectivity index is 1.59. The molecule has 5 heteroatoms. The number of hydrogen-bond donors (Lipinski definition) is 0. The van der Waals surface area contributed by atoms with Crippen molar-refractivity contribution in [1.29, 1.82) is 0 Å². The van der Waals surface area contributed by atoms with Gasteiger partial charge in [0.15, 0.2) is 5.78 Å². The Morgan fingerprint density at radius 2 is 1.49 bits per heavy atom. The van der Waals surface area contributed by atoms with Crippen molar-refractivity contribution in [1.82, 2.24) is 0 Å². The van der Waals surface area contributed by atoms with E-state index in [-0.39, 0.29) is 65.9 Å². The highest BCUT2D eigenvalue weighted by Gasteiger charge is 2.33. The summed E-state index contributed by atoms with van der Waals surface area (Å²) in [5, 5.41) is 0. The van der Waals surface area contributed by atoms with Crippen molar-refractivity contribution >= 4 is 28.9 Å². The maximum Gasteiger partial charge on any atom is 0.163 e. The van der Waals surface area contributed by atoms with E-state index in [0.717, 1.165) is 80.0 Å². The quantitative estimate of drug-likeness (QED) is 0.168. The van der Waals surface area contributed by atoms with E-state index in [0.29, 0.717) is 25.2 Å². The van der Waals surface area contributed by atoms with Crippen molar-refractivity contribution in [3.8, 4) is 0 Å². The van der Waals surface area contributed by atoms with Gasteiger partial charge in [0.2, 0.25) is 0 Å². The summed E-state index contributed by atoms with van der Waals surface area (Å²) in [7, 11) is 0. The summed E-state index contributed by atoms with van der Waals surface area (Å²) in [6.45, 7) is 7.52. The summed E-state index contributed by atoms with van der Waals surface area (Å²) < 4.78 is 0. The van der Waals surface area contributed by atoms with Crippen LogP contribution in [0, 0.1) is 30.6 Å². The van der Waals surface area contributed by atoms with Crippen LogP contribution < -0.4 is 0 Å². The molecule has 5 nitrogen and oxygen atoms in total. The van der Waals surface area contributed by atoms with E-state index in [1.54, 1.807) is 0 Å². The largest absolute Gasteiger partial charge is 0.300 e. The summed E-state index contributed by atoms with van der Waals surface area (Å²) >= 11 is 0. The topological polar surface area (TPSA) is 85.3 Å². The van der Waals surface area contributed by atoms with Crippen molar-refractivity contribution in [2.24, 2.45) is 23.7 Å². The fourth-order valence-electron chi connectivity index (χ4n) is 7.48. The first-order valence-corrected chi connectivity index (χ1v) is 18.0. The van der Waals surface area contributed by atoms with Crippen LogP contribution in [0.4, 0.5) is 0 Å². The van der Waals surface area contributed by atoms with E-state index < -0.39 is 0 Å². The third-order valence-corrected chi connectivity index (χ3v) is 9.88. The maximum absolute atomic E-state index is 13.5. The molecule has 0 spiro atoms. The van der Waals surface area contributed by atoms with Gasteiger partial charge in [-0.25, -0.2) is 0 Å². The van der Waals surface area contributed by atoms with Crippen LogP contribution in [0.1, 0.15) is 131 Å². The van der Waals surface area contributed by atoms with E-state index in [1.165, 1.54) is 6.92 Å². The zero-order chi connectivity index (χ0) is 34.2. The van der Waals surface area contributed by atoms with Crippen LogP contribution in [-0.2, 0) is 32.0 Å². The SMILES string of the molecule is CCCC(CC1CC(=O)c2c(ccc(CC(=O)CC(=O)CCC3C/C=C\C=C/CC/C=C\C=C/C3)c2C)C1)C(CC)C(=O)CC(C)=O. The second-order valence-electron chi connectivity index (χ2n) is 13.8. The van der Waals surface area contributed by atoms with Crippen molar-refractivity contribution in [3.05, 3.63) is 83.0 Å². The first-order valence-electron chi connectivity index (χ1n) is 18.0. The minimum Gasteiger partial charge on any atom is -0.300 e. The van der Waals surface area contributed by atoms with Gasteiger partial charge in [-0.3, -0.25) is 24.0 Å². The van der Waals surface area contributed by atoms with E-state index in [4.69, 9.17) is 0 Å². The molecule has 1 aromatic rings. The Hall–Kier alpha value is -3.47. The maximum atomic E-state index is 13.5. The molecule has 3 rings (SSSR count). The number of allylic oxidation sites excluding steroid dienone is 8. The molecule has 0 N–H and O–H groups in total. The molecule has 0 saturated heterocycles. The van der Waals surface area contributed by atoms with Gasteiger partial charge in [-0.05, 0) is 99.7 Å². The molecule has 2 aliphatic rings. The second-order valence-corrected chi connectivity index (χ2v) is 13.8. The average molecular weight is 641 g/mol. The van der Waals surface area contributed by atoms with Crippen LogP contribution in [0.25, 0.3) is 0 Å². The van der Waals surface area contributed by atoms with E-state index in [1.807, 2.05) is 26.0 Å². The van der Waals surface area contributed by atoms with Crippen molar-refractivity contribution in [2.45, 2.75) is 124 Å². The highest BCUT2D eigenvalue weighted by molar-refractivity contribution is 6.02. The normalized spacial score (nSPS) is 21.2. The van der Waals surface area contributed by atoms with Gasteiger partial charge in [0.1, 0.15) is 23.1 Å². The lowest BCUT2D eigenvalue weighted by molar-refractivity contribution is -0.130. The predicted octanol–water partition coefficient (Wildman–Crippen LogP) is 9.39. The lowest BCUT2D eigenvalue weighted by atomic mass is 9.72. The smallest absolute Gasteiger partial charge is 0.163 e. The van der Waals surface area contributed by atoms with Gasteiger partial charge in [0, 0.05) is 30.7 Å². The Bertz CT molecular complexity index is 1350. The third kappa shape index (κ3) is 12.6. The number of carbonyl (C=O) groups is 5. The van der Waals surface area contributed by atoms with Gasteiger partial charge < -0.3 is 0 Å². The summed E-state index contributed by atoms with van der Waals surface area (Å²) in [4.78, 5) is 63.9. The first kappa shape index (κ1) is 38.0. The molecule has 0 aliphatic heterocycles. The monoisotopic (exact) mass is 640 g/mol. The molecular formula is C42H56O5. The first-order chi connectivity index (χ1) is 22.6. The molecule has 254 valence electrons. The zero-order valence-electron chi connectivity index (χ0n) is 29.2. The molecule has 3 atom stereocenters. The number of ketones is 5. The van der Waals surface area contributed by atoms with Gasteiger partial charge in [0.05, 0.1) is 12.8 Å².